The molecule has 1 aliphatic carbocycles. The van der Waals surface area contributed by atoms with Crippen LogP contribution in [-0.2, 0) is 17.4 Å². The summed E-state index contributed by atoms with van der Waals surface area (Å²) in [7, 11) is -1.13. The van der Waals surface area contributed by atoms with Crippen LogP contribution in [0.25, 0.3) is 0 Å². The molecule has 3 aromatic rings. The minimum Gasteiger partial charge on any atom is -0.382 e. The van der Waals surface area contributed by atoms with E-state index in [2.05, 4.69) is 47.8 Å². The monoisotopic (exact) mass is 374 g/mol. The fourth-order valence-corrected chi connectivity index (χ4v) is 5.19. The highest BCUT2D eigenvalue weighted by Gasteiger charge is 2.39. The van der Waals surface area contributed by atoms with Crippen LogP contribution in [0.3, 0.4) is 0 Å². The number of nitrogens with zero attached hydrogens (tertiary/aromatic N) is 1. The minimum absolute atomic E-state index is 0.515. The molecule has 0 bridgehead atoms. The van der Waals surface area contributed by atoms with Crippen molar-refractivity contribution in [2.75, 3.05) is 16.2 Å². The average molecular weight is 375 g/mol. The van der Waals surface area contributed by atoms with Crippen molar-refractivity contribution in [2.45, 2.75) is 29.7 Å². The van der Waals surface area contributed by atoms with Crippen LogP contribution in [0.15, 0.2) is 83.8 Å². The van der Waals surface area contributed by atoms with Crippen molar-refractivity contribution in [1.82, 2.24) is 0 Å². The molecule has 2 aliphatic rings. The molecule has 5 rings (SSSR count). The van der Waals surface area contributed by atoms with Crippen LogP contribution in [0.5, 0.6) is 0 Å². The largest absolute Gasteiger partial charge is 0.382 e. The maximum absolute atomic E-state index is 12.9. The van der Waals surface area contributed by atoms with Crippen molar-refractivity contribution in [2.24, 2.45) is 0 Å². The quantitative estimate of drug-likeness (QED) is 0.700. The molecule has 1 saturated carbocycles. The fraction of sp³-hybridized carbons (Fsp3) is 0.217. The van der Waals surface area contributed by atoms with Crippen LogP contribution in [-0.4, -0.2) is 16.8 Å². The van der Waals surface area contributed by atoms with Crippen LogP contribution in [0.2, 0.25) is 0 Å². The normalized spacial score (nSPS) is 21.6. The van der Waals surface area contributed by atoms with Gasteiger partial charge in [-0.05, 0) is 54.3 Å². The Labute approximate surface area is 162 Å². The molecule has 0 amide bonds. The molecule has 1 aliphatic heterocycles. The zero-order valence-corrected chi connectivity index (χ0v) is 15.9. The van der Waals surface area contributed by atoms with Gasteiger partial charge in [-0.1, -0.05) is 48.5 Å². The second-order valence-electron chi connectivity index (χ2n) is 7.26. The number of benzene rings is 3. The third-order valence-electron chi connectivity index (χ3n) is 5.45. The zero-order chi connectivity index (χ0) is 18.2. The number of anilines is 2. The van der Waals surface area contributed by atoms with Crippen molar-refractivity contribution in [3.8, 4) is 0 Å². The van der Waals surface area contributed by atoms with E-state index < -0.39 is 11.0 Å². The maximum Gasteiger partial charge on any atom is 0.152 e. The van der Waals surface area contributed by atoms with E-state index >= 15 is 0 Å². The summed E-state index contributed by atoms with van der Waals surface area (Å²) in [5.74, 6) is 0.573. The summed E-state index contributed by atoms with van der Waals surface area (Å²) in [6.45, 7) is 0.816. The van der Waals surface area contributed by atoms with E-state index in [0.717, 1.165) is 23.5 Å². The second-order valence-corrected chi connectivity index (χ2v) is 8.67. The molecule has 3 aromatic carbocycles. The van der Waals surface area contributed by atoms with Gasteiger partial charge in [0.25, 0.3) is 0 Å². The van der Waals surface area contributed by atoms with Crippen LogP contribution < -0.4 is 9.62 Å². The molecule has 3 atom stereocenters. The smallest absolute Gasteiger partial charge is 0.152 e. The van der Waals surface area contributed by atoms with Gasteiger partial charge in [-0.15, -0.1) is 0 Å². The highest BCUT2D eigenvalue weighted by molar-refractivity contribution is 7.86. The molecular formula is C23H22N2OS. The highest BCUT2D eigenvalue weighted by atomic mass is 32.2. The lowest BCUT2D eigenvalue weighted by Crippen LogP contribution is -2.23. The molecule has 1 fully saturated rings. The SMILES string of the molecule is O=S(c1ccccc1)N1CCc2cc(C3CC3Nc3ccccc3)ccc21. The molecule has 4 heteroatoms. The third kappa shape index (κ3) is 3.26. The third-order valence-corrected chi connectivity index (χ3v) is 6.90. The lowest BCUT2D eigenvalue weighted by molar-refractivity contribution is 0.680. The van der Waals surface area contributed by atoms with E-state index in [1.54, 1.807) is 0 Å². The number of hydrogen-bond donors (Lipinski definition) is 1. The molecule has 1 heterocycles. The van der Waals surface area contributed by atoms with Gasteiger partial charge in [-0.25, -0.2) is 4.21 Å². The summed E-state index contributed by atoms with van der Waals surface area (Å²) in [5.41, 5.74) is 5.03. The molecule has 0 aromatic heterocycles. The Morgan fingerprint density at radius 2 is 1.67 bits per heavy atom. The van der Waals surface area contributed by atoms with Crippen molar-refractivity contribution in [3.63, 3.8) is 0 Å². The Hall–Kier alpha value is -2.59. The van der Waals surface area contributed by atoms with E-state index in [4.69, 9.17) is 0 Å². The molecule has 1 N–H and O–H groups in total. The highest BCUT2D eigenvalue weighted by Crippen LogP contribution is 2.44. The van der Waals surface area contributed by atoms with E-state index in [1.165, 1.54) is 23.2 Å². The Kier molecular flexibility index (Phi) is 4.21. The molecule has 0 radical (unpaired) electrons. The molecular weight excluding hydrogens is 352 g/mol. The number of hydrogen-bond acceptors (Lipinski definition) is 2. The maximum atomic E-state index is 12.9. The summed E-state index contributed by atoms with van der Waals surface area (Å²) in [5, 5.41) is 3.62. The Morgan fingerprint density at radius 3 is 2.44 bits per heavy atom. The summed E-state index contributed by atoms with van der Waals surface area (Å²) < 4.78 is 15.0. The van der Waals surface area contributed by atoms with Gasteiger partial charge in [0.1, 0.15) is 0 Å². The van der Waals surface area contributed by atoms with Gasteiger partial charge in [0.15, 0.2) is 11.0 Å². The van der Waals surface area contributed by atoms with Gasteiger partial charge in [0, 0.05) is 24.2 Å². The fourth-order valence-electron chi connectivity index (χ4n) is 3.93. The lowest BCUT2D eigenvalue weighted by Gasteiger charge is -2.18. The van der Waals surface area contributed by atoms with Crippen molar-refractivity contribution < 1.29 is 4.21 Å². The van der Waals surface area contributed by atoms with Gasteiger partial charge >= 0.3 is 0 Å². The predicted octanol–water partition coefficient (Wildman–Crippen LogP) is 4.74. The van der Waals surface area contributed by atoms with Gasteiger partial charge in [-0.3, -0.25) is 4.31 Å². The van der Waals surface area contributed by atoms with E-state index in [0.29, 0.717) is 12.0 Å². The first-order valence-electron chi connectivity index (χ1n) is 9.48. The zero-order valence-electron chi connectivity index (χ0n) is 15.0. The second kappa shape index (κ2) is 6.86. The summed E-state index contributed by atoms with van der Waals surface area (Å²) in [6.07, 6.45) is 2.14. The lowest BCUT2D eigenvalue weighted by atomic mass is 10.0. The molecule has 136 valence electrons. The Morgan fingerprint density at radius 1 is 0.926 bits per heavy atom. The van der Waals surface area contributed by atoms with Crippen LogP contribution in [0.1, 0.15) is 23.5 Å². The van der Waals surface area contributed by atoms with Crippen molar-refractivity contribution in [3.05, 3.63) is 90.0 Å². The summed E-state index contributed by atoms with van der Waals surface area (Å²) in [4.78, 5) is 0.865. The number of nitrogens with one attached hydrogen (secondary N) is 1. The Bertz CT molecular complexity index is 974. The van der Waals surface area contributed by atoms with Crippen molar-refractivity contribution in [1.29, 1.82) is 0 Å². The first-order valence-corrected chi connectivity index (χ1v) is 10.6. The summed E-state index contributed by atoms with van der Waals surface area (Å²) >= 11 is 0. The van der Waals surface area contributed by atoms with Crippen molar-refractivity contribution >= 4 is 22.4 Å². The van der Waals surface area contributed by atoms with Gasteiger partial charge < -0.3 is 5.32 Å². The Balaban J connectivity index is 1.31. The van der Waals surface area contributed by atoms with E-state index in [1.807, 2.05) is 40.7 Å². The summed E-state index contributed by atoms with van der Waals surface area (Å²) in [6, 6.07) is 27.4. The van der Waals surface area contributed by atoms with Gasteiger partial charge in [0.05, 0.1) is 10.6 Å². The molecule has 3 nitrogen and oxygen atoms in total. The molecule has 0 spiro atoms. The molecule has 3 unspecified atom stereocenters. The van der Waals surface area contributed by atoms with Gasteiger partial charge in [-0.2, -0.15) is 0 Å². The van der Waals surface area contributed by atoms with E-state index in [9.17, 15) is 4.21 Å². The topological polar surface area (TPSA) is 32.3 Å². The molecule has 27 heavy (non-hydrogen) atoms. The average Bonchev–Trinajstić information content (AvgIpc) is 3.36. The van der Waals surface area contributed by atoms with E-state index in [-0.39, 0.29) is 0 Å². The minimum atomic E-state index is -1.13. The first kappa shape index (κ1) is 16.6. The molecule has 0 saturated heterocycles. The number of rotatable bonds is 5. The number of para-hydroxylation sites is 1. The predicted molar refractivity (Wildman–Crippen MR) is 112 cm³/mol. The van der Waals surface area contributed by atoms with Gasteiger partial charge in [0.2, 0.25) is 0 Å². The van der Waals surface area contributed by atoms with Crippen LogP contribution >= 0.6 is 0 Å². The standard InChI is InChI=1S/C23H22N2OS/c26-27(20-9-5-2-6-10-20)25-14-13-18-15-17(11-12-23(18)25)21-16-22(21)24-19-7-3-1-4-8-19/h1-12,15,21-22,24H,13-14,16H2. The van der Waals surface area contributed by atoms with Crippen LogP contribution in [0.4, 0.5) is 11.4 Å². The first-order chi connectivity index (χ1) is 13.3. The van der Waals surface area contributed by atoms with Crippen LogP contribution in [0, 0.1) is 0 Å². The number of fused-ring (bicyclic) bond motifs is 1.